The summed E-state index contributed by atoms with van der Waals surface area (Å²) in [4.78, 5) is 11.5. The number of hydrogen-bond donors (Lipinski definition) is 1. The molecule has 0 bridgehead atoms. The number of carbonyl (C=O) groups is 1. The zero-order chi connectivity index (χ0) is 12.3. The zero-order valence-electron chi connectivity index (χ0n) is 9.58. The number of nitrogens with two attached hydrogens (primary N) is 1. The van der Waals surface area contributed by atoms with Crippen LogP contribution in [0.3, 0.4) is 0 Å². The standard InChI is InChI=1S/C11H15ClN2O2/c1-7-4-10(16-3)9(12)5-8(7)6-11(15)14(2)13/h4-5H,6,13H2,1-3H3. The number of hydrogen-bond acceptors (Lipinski definition) is 3. The van der Waals surface area contributed by atoms with Crippen LogP contribution in [0.1, 0.15) is 11.1 Å². The molecule has 4 nitrogen and oxygen atoms in total. The summed E-state index contributed by atoms with van der Waals surface area (Å²) in [6.45, 7) is 1.90. The Morgan fingerprint density at radius 2 is 2.19 bits per heavy atom. The number of carbonyl (C=O) groups excluding carboxylic acids is 1. The van der Waals surface area contributed by atoms with Gasteiger partial charge in [-0.05, 0) is 30.2 Å². The summed E-state index contributed by atoms with van der Waals surface area (Å²) in [6.07, 6.45) is 0.239. The number of nitrogens with zero attached hydrogens (tertiary/aromatic N) is 1. The highest BCUT2D eigenvalue weighted by Crippen LogP contribution is 2.28. The normalized spacial score (nSPS) is 10.1. The molecule has 0 fully saturated rings. The average Bonchev–Trinajstić information content (AvgIpc) is 2.22. The van der Waals surface area contributed by atoms with Crippen molar-refractivity contribution in [3.63, 3.8) is 0 Å². The van der Waals surface area contributed by atoms with E-state index >= 15 is 0 Å². The van der Waals surface area contributed by atoms with Gasteiger partial charge in [-0.15, -0.1) is 0 Å². The van der Waals surface area contributed by atoms with Crippen LogP contribution in [-0.2, 0) is 11.2 Å². The van der Waals surface area contributed by atoms with Gasteiger partial charge in [0.1, 0.15) is 5.75 Å². The van der Waals surface area contributed by atoms with Gasteiger partial charge in [0.25, 0.3) is 0 Å². The Morgan fingerprint density at radius 3 is 2.69 bits per heavy atom. The lowest BCUT2D eigenvalue weighted by Gasteiger charge is -2.13. The largest absolute Gasteiger partial charge is 0.495 e. The molecule has 88 valence electrons. The Bertz CT molecular complexity index is 405. The van der Waals surface area contributed by atoms with E-state index in [0.717, 1.165) is 16.1 Å². The van der Waals surface area contributed by atoms with Crippen LogP contribution in [-0.4, -0.2) is 25.1 Å². The summed E-state index contributed by atoms with van der Waals surface area (Å²) in [5.74, 6) is 5.80. The fraction of sp³-hybridized carbons (Fsp3) is 0.364. The molecule has 1 rings (SSSR count). The van der Waals surface area contributed by atoms with Crippen molar-refractivity contribution in [3.8, 4) is 5.75 Å². The Hall–Kier alpha value is -1.26. The predicted molar refractivity (Wildman–Crippen MR) is 63.4 cm³/mol. The number of aryl methyl sites for hydroxylation is 1. The molecule has 0 aliphatic rings. The van der Waals surface area contributed by atoms with Crippen molar-refractivity contribution in [2.45, 2.75) is 13.3 Å². The van der Waals surface area contributed by atoms with Gasteiger partial charge in [0.2, 0.25) is 5.91 Å². The van der Waals surface area contributed by atoms with E-state index in [0.29, 0.717) is 10.8 Å². The molecule has 0 heterocycles. The first-order valence-electron chi connectivity index (χ1n) is 4.80. The molecule has 0 atom stereocenters. The topological polar surface area (TPSA) is 55.6 Å². The molecule has 0 unspecified atom stereocenters. The summed E-state index contributed by atoms with van der Waals surface area (Å²) < 4.78 is 5.08. The van der Waals surface area contributed by atoms with Crippen molar-refractivity contribution >= 4 is 17.5 Å². The number of ether oxygens (including phenoxy) is 1. The molecule has 2 N–H and O–H groups in total. The van der Waals surface area contributed by atoms with Crippen LogP contribution in [0, 0.1) is 6.92 Å². The van der Waals surface area contributed by atoms with Crippen molar-refractivity contribution < 1.29 is 9.53 Å². The number of halogens is 1. The van der Waals surface area contributed by atoms with Gasteiger partial charge in [-0.25, -0.2) is 5.84 Å². The van der Waals surface area contributed by atoms with Gasteiger partial charge < -0.3 is 4.74 Å². The molecule has 0 spiro atoms. The quantitative estimate of drug-likeness (QED) is 0.497. The van der Waals surface area contributed by atoms with E-state index in [4.69, 9.17) is 22.2 Å². The van der Waals surface area contributed by atoms with E-state index in [1.165, 1.54) is 7.05 Å². The van der Waals surface area contributed by atoms with Crippen LogP contribution >= 0.6 is 11.6 Å². The van der Waals surface area contributed by atoms with Crippen LogP contribution < -0.4 is 10.6 Å². The molecule has 1 aromatic rings. The molecular weight excluding hydrogens is 228 g/mol. The molecule has 16 heavy (non-hydrogen) atoms. The summed E-state index contributed by atoms with van der Waals surface area (Å²) >= 11 is 5.98. The second-order valence-electron chi connectivity index (χ2n) is 3.59. The summed E-state index contributed by atoms with van der Waals surface area (Å²) in [5, 5.41) is 1.56. The van der Waals surface area contributed by atoms with E-state index in [1.54, 1.807) is 13.2 Å². The molecule has 0 aliphatic heterocycles. The number of hydrazine groups is 1. The van der Waals surface area contributed by atoms with Gasteiger partial charge in [0, 0.05) is 7.05 Å². The van der Waals surface area contributed by atoms with Gasteiger partial charge in [-0.2, -0.15) is 0 Å². The maximum Gasteiger partial charge on any atom is 0.240 e. The first-order valence-corrected chi connectivity index (χ1v) is 5.17. The Kier molecular flexibility index (Phi) is 4.15. The summed E-state index contributed by atoms with van der Waals surface area (Å²) in [5.41, 5.74) is 1.81. The maximum absolute atomic E-state index is 11.5. The summed E-state index contributed by atoms with van der Waals surface area (Å²) in [7, 11) is 3.07. The molecule has 0 aliphatic carbocycles. The zero-order valence-corrected chi connectivity index (χ0v) is 10.3. The molecule has 1 aromatic carbocycles. The lowest BCUT2D eigenvalue weighted by Crippen LogP contribution is -2.34. The highest BCUT2D eigenvalue weighted by Gasteiger charge is 2.11. The monoisotopic (exact) mass is 242 g/mol. The van der Waals surface area contributed by atoms with E-state index in [9.17, 15) is 4.79 Å². The van der Waals surface area contributed by atoms with Gasteiger partial charge in [0.05, 0.1) is 18.6 Å². The predicted octanol–water partition coefficient (Wildman–Crippen LogP) is 1.53. The first kappa shape index (κ1) is 12.8. The number of methoxy groups -OCH3 is 1. The van der Waals surface area contributed by atoms with E-state index in [-0.39, 0.29) is 12.3 Å². The van der Waals surface area contributed by atoms with Crippen molar-refractivity contribution in [3.05, 3.63) is 28.3 Å². The number of rotatable bonds is 3. The minimum atomic E-state index is -0.163. The molecule has 0 radical (unpaired) electrons. The van der Waals surface area contributed by atoms with Gasteiger partial charge in [-0.3, -0.25) is 9.80 Å². The fourth-order valence-corrected chi connectivity index (χ4v) is 1.59. The van der Waals surface area contributed by atoms with Crippen LogP contribution in [0.5, 0.6) is 5.75 Å². The van der Waals surface area contributed by atoms with Crippen molar-refractivity contribution in [1.82, 2.24) is 5.01 Å². The van der Waals surface area contributed by atoms with Crippen LogP contribution in [0.2, 0.25) is 5.02 Å². The van der Waals surface area contributed by atoms with Gasteiger partial charge in [-0.1, -0.05) is 11.6 Å². The first-order chi connectivity index (χ1) is 7.45. The fourth-order valence-electron chi connectivity index (χ4n) is 1.33. The van der Waals surface area contributed by atoms with Crippen molar-refractivity contribution in [2.75, 3.05) is 14.2 Å². The number of amides is 1. The van der Waals surface area contributed by atoms with Gasteiger partial charge in [0.15, 0.2) is 0 Å². The molecular formula is C11H15ClN2O2. The van der Waals surface area contributed by atoms with Crippen LogP contribution in [0.4, 0.5) is 0 Å². The number of likely N-dealkylation sites (N-methyl/N-ethyl adjacent to an activating group) is 1. The van der Waals surface area contributed by atoms with Crippen LogP contribution in [0.15, 0.2) is 12.1 Å². The Labute approximate surface area is 99.9 Å². The van der Waals surface area contributed by atoms with E-state index < -0.39 is 0 Å². The third-order valence-corrected chi connectivity index (χ3v) is 2.64. The van der Waals surface area contributed by atoms with Gasteiger partial charge >= 0.3 is 0 Å². The molecule has 0 saturated heterocycles. The molecule has 5 heteroatoms. The highest BCUT2D eigenvalue weighted by molar-refractivity contribution is 6.32. The lowest BCUT2D eigenvalue weighted by molar-refractivity contribution is -0.129. The Morgan fingerprint density at radius 1 is 1.56 bits per heavy atom. The van der Waals surface area contributed by atoms with Crippen molar-refractivity contribution in [1.29, 1.82) is 0 Å². The highest BCUT2D eigenvalue weighted by atomic mass is 35.5. The smallest absolute Gasteiger partial charge is 0.240 e. The van der Waals surface area contributed by atoms with Crippen molar-refractivity contribution in [2.24, 2.45) is 5.84 Å². The third kappa shape index (κ3) is 2.87. The number of benzene rings is 1. The second kappa shape index (κ2) is 5.18. The minimum absolute atomic E-state index is 0.163. The SMILES string of the molecule is COc1cc(C)c(CC(=O)N(C)N)cc1Cl. The maximum atomic E-state index is 11.5. The average molecular weight is 243 g/mol. The second-order valence-corrected chi connectivity index (χ2v) is 4.00. The molecule has 0 saturated carbocycles. The Balaban J connectivity index is 2.98. The van der Waals surface area contributed by atoms with Crippen LogP contribution in [0.25, 0.3) is 0 Å². The minimum Gasteiger partial charge on any atom is -0.495 e. The van der Waals surface area contributed by atoms with E-state index in [2.05, 4.69) is 0 Å². The third-order valence-electron chi connectivity index (χ3n) is 2.35. The lowest BCUT2D eigenvalue weighted by atomic mass is 10.0. The van der Waals surface area contributed by atoms with E-state index in [1.807, 2.05) is 13.0 Å². The molecule has 1 amide bonds. The summed E-state index contributed by atoms with van der Waals surface area (Å²) in [6, 6.07) is 3.54. The molecule has 0 aromatic heterocycles.